The number of nitrogens with one attached hydrogen (secondary N) is 2. The average molecular weight is 574 g/mol. The SMILES string of the molecule is Cc1cccc(Cl)c1NC(=O)C1N([C@H](CO)c2ccccc2)C(=O)[C@@H]2[C@@H](C(=O)Nc3ccccc3)[C@@]3(C)CCC12O3. The van der Waals surface area contributed by atoms with Crippen LogP contribution in [0.25, 0.3) is 0 Å². The predicted molar refractivity (Wildman–Crippen MR) is 155 cm³/mol. The van der Waals surface area contributed by atoms with Crippen LogP contribution in [-0.4, -0.2) is 51.6 Å². The van der Waals surface area contributed by atoms with E-state index in [9.17, 15) is 19.5 Å². The number of para-hydroxylation sites is 2. The molecule has 3 aliphatic heterocycles. The number of rotatable bonds is 7. The number of hydrogen-bond acceptors (Lipinski definition) is 5. The highest BCUT2D eigenvalue weighted by atomic mass is 35.5. The van der Waals surface area contributed by atoms with Crippen molar-refractivity contribution in [2.45, 2.75) is 50.0 Å². The number of halogens is 1. The Balaban J connectivity index is 1.44. The maximum Gasteiger partial charge on any atom is 0.250 e. The van der Waals surface area contributed by atoms with Crippen LogP contribution < -0.4 is 10.6 Å². The molecule has 6 rings (SSSR count). The van der Waals surface area contributed by atoms with Crippen molar-refractivity contribution in [1.29, 1.82) is 0 Å². The largest absolute Gasteiger partial charge is 0.394 e. The predicted octanol–water partition coefficient (Wildman–Crippen LogP) is 4.72. The molecule has 0 aliphatic carbocycles. The van der Waals surface area contributed by atoms with Gasteiger partial charge in [-0.05, 0) is 56.0 Å². The van der Waals surface area contributed by atoms with E-state index in [0.717, 1.165) is 5.56 Å². The van der Waals surface area contributed by atoms with Crippen LogP contribution in [0.1, 0.15) is 36.9 Å². The number of anilines is 2. The first-order chi connectivity index (χ1) is 19.7. The van der Waals surface area contributed by atoms with Gasteiger partial charge in [-0.25, -0.2) is 0 Å². The molecule has 0 aromatic heterocycles. The molecule has 0 radical (unpaired) electrons. The molecule has 41 heavy (non-hydrogen) atoms. The fraction of sp³-hybridized carbons (Fsp3) is 0.344. The number of benzene rings is 3. The summed E-state index contributed by atoms with van der Waals surface area (Å²) in [6.07, 6.45) is 0.916. The second-order valence-electron chi connectivity index (χ2n) is 11.4. The van der Waals surface area contributed by atoms with Crippen LogP contribution >= 0.6 is 11.6 Å². The second kappa shape index (κ2) is 10.3. The highest BCUT2D eigenvalue weighted by molar-refractivity contribution is 6.34. The Morgan fingerprint density at radius 3 is 2.34 bits per heavy atom. The zero-order valence-electron chi connectivity index (χ0n) is 22.8. The lowest BCUT2D eigenvalue weighted by atomic mass is 9.66. The van der Waals surface area contributed by atoms with Crippen LogP contribution in [-0.2, 0) is 19.1 Å². The number of likely N-dealkylation sites (tertiary alicyclic amines) is 1. The van der Waals surface area contributed by atoms with Gasteiger partial charge in [0.25, 0.3) is 0 Å². The highest BCUT2D eigenvalue weighted by Crippen LogP contribution is 2.64. The second-order valence-corrected chi connectivity index (χ2v) is 11.8. The first kappa shape index (κ1) is 27.4. The number of aliphatic hydroxyl groups is 1. The number of nitrogens with zero attached hydrogens (tertiary/aromatic N) is 1. The monoisotopic (exact) mass is 573 g/mol. The van der Waals surface area contributed by atoms with Gasteiger partial charge in [-0.3, -0.25) is 14.4 Å². The third-order valence-electron chi connectivity index (χ3n) is 8.95. The average Bonchev–Trinajstić information content (AvgIpc) is 3.53. The molecule has 6 atom stereocenters. The van der Waals surface area contributed by atoms with Crippen molar-refractivity contribution in [2.24, 2.45) is 11.8 Å². The Morgan fingerprint density at radius 1 is 1.00 bits per heavy atom. The number of carbonyl (C=O) groups excluding carboxylic acids is 3. The topological polar surface area (TPSA) is 108 Å². The standard InChI is InChI=1S/C32H32ClN3O5/c1-19-10-9-15-22(33)26(19)35-29(39)27-32-17-16-31(2,41-32)24(28(38)34-21-13-7-4-8-14-21)25(32)30(40)36(27)23(18-37)20-11-5-3-6-12-20/h3-15,23-25,27,37H,16-18H2,1-2H3,(H,34,38)(H,35,39)/t23-,24+,25+,27?,31-,32?/m1/s1. The van der Waals surface area contributed by atoms with E-state index < -0.39 is 47.6 Å². The van der Waals surface area contributed by atoms with Crippen molar-refractivity contribution in [2.75, 3.05) is 17.2 Å². The molecule has 3 aromatic carbocycles. The van der Waals surface area contributed by atoms with Crippen LogP contribution in [0.2, 0.25) is 5.02 Å². The summed E-state index contributed by atoms with van der Waals surface area (Å²) in [5.41, 5.74) is 0.307. The van der Waals surface area contributed by atoms with E-state index in [4.69, 9.17) is 16.3 Å². The van der Waals surface area contributed by atoms with Crippen molar-refractivity contribution < 1.29 is 24.2 Å². The molecule has 0 saturated carbocycles. The third-order valence-corrected chi connectivity index (χ3v) is 9.26. The van der Waals surface area contributed by atoms with Gasteiger partial charge in [0.05, 0.1) is 40.8 Å². The van der Waals surface area contributed by atoms with E-state index in [-0.39, 0.29) is 11.8 Å². The zero-order valence-corrected chi connectivity index (χ0v) is 23.6. The van der Waals surface area contributed by atoms with Gasteiger partial charge in [0.1, 0.15) is 11.6 Å². The number of hydrogen-bond donors (Lipinski definition) is 3. The van der Waals surface area contributed by atoms with Crippen LogP contribution in [0.3, 0.4) is 0 Å². The quantitative estimate of drug-likeness (QED) is 0.379. The first-order valence-corrected chi connectivity index (χ1v) is 14.2. The molecule has 3 N–H and O–H groups in total. The number of fused-ring (bicyclic) bond motifs is 1. The van der Waals surface area contributed by atoms with Crippen LogP contribution in [0.5, 0.6) is 0 Å². The van der Waals surface area contributed by atoms with Gasteiger partial charge in [-0.1, -0.05) is 72.3 Å². The lowest BCUT2D eigenvalue weighted by molar-refractivity contribution is -0.147. The molecule has 3 fully saturated rings. The van der Waals surface area contributed by atoms with Crippen molar-refractivity contribution in [3.05, 3.63) is 95.0 Å². The molecule has 3 aromatic rings. The maximum absolute atomic E-state index is 14.5. The Morgan fingerprint density at radius 2 is 1.68 bits per heavy atom. The van der Waals surface area contributed by atoms with E-state index in [0.29, 0.717) is 34.8 Å². The van der Waals surface area contributed by atoms with Crippen molar-refractivity contribution in [3.8, 4) is 0 Å². The zero-order chi connectivity index (χ0) is 28.9. The molecular weight excluding hydrogens is 542 g/mol. The Labute approximate surface area is 243 Å². The number of carbonyl (C=O) groups is 3. The van der Waals surface area contributed by atoms with Crippen LogP contribution in [0.4, 0.5) is 11.4 Å². The van der Waals surface area contributed by atoms with Gasteiger partial charge >= 0.3 is 0 Å². The summed E-state index contributed by atoms with van der Waals surface area (Å²) in [7, 11) is 0. The highest BCUT2D eigenvalue weighted by Gasteiger charge is 2.78. The smallest absolute Gasteiger partial charge is 0.250 e. The molecule has 1 spiro atoms. The molecule has 3 aliphatic rings. The summed E-state index contributed by atoms with van der Waals surface area (Å²) >= 11 is 6.46. The molecule has 8 nitrogen and oxygen atoms in total. The normalized spacial score (nSPS) is 28.8. The third kappa shape index (κ3) is 4.33. The van der Waals surface area contributed by atoms with E-state index in [1.165, 1.54) is 4.90 Å². The van der Waals surface area contributed by atoms with Crippen molar-refractivity contribution >= 4 is 40.7 Å². The van der Waals surface area contributed by atoms with Gasteiger partial charge in [0.2, 0.25) is 17.7 Å². The summed E-state index contributed by atoms with van der Waals surface area (Å²) in [5.74, 6) is -2.94. The molecule has 2 unspecified atom stereocenters. The molecule has 9 heteroatoms. The van der Waals surface area contributed by atoms with Crippen molar-refractivity contribution in [1.82, 2.24) is 4.90 Å². The summed E-state index contributed by atoms with van der Waals surface area (Å²) in [6, 6.07) is 21.6. The van der Waals surface area contributed by atoms with Gasteiger partial charge in [0.15, 0.2) is 0 Å². The Hall–Kier alpha value is -3.72. The van der Waals surface area contributed by atoms with Gasteiger partial charge in [-0.2, -0.15) is 0 Å². The molecule has 212 valence electrons. The van der Waals surface area contributed by atoms with Gasteiger partial charge in [0, 0.05) is 5.69 Å². The lowest BCUT2D eigenvalue weighted by Gasteiger charge is -2.37. The maximum atomic E-state index is 14.5. The molecule has 3 heterocycles. The molecular formula is C32H32ClN3O5. The minimum atomic E-state index is -1.26. The number of aryl methyl sites for hydroxylation is 1. The van der Waals surface area contributed by atoms with E-state index >= 15 is 0 Å². The summed E-state index contributed by atoms with van der Waals surface area (Å²) in [6.45, 7) is 3.27. The lowest BCUT2D eigenvalue weighted by Crippen LogP contribution is -2.54. The first-order valence-electron chi connectivity index (χ1n) is 13.8. The number of ether oxygens (including phenoxy) is 1. The number of amides is 3. The van der Waals surface area contributed by atoms with Gasteiger partial charge in [-0.15, -0.1) is 0 Å². The van der Waals surface area contributed by atoms with Crippen molar-refractivity contribution in [3.63, 3.8) is 0 Å². The Bertz CT molecular complexity index is 1480. The minimum Gasteiger partial charge on any atom is -0.394 e. The van der Waals surface area contributed by atoms with E-state index in [2.05, 4.69) is 10.6 Å². The minimum absolute atomic E-state index is 0.332. The van der Waals surface area contributed by atoms with E-state index in [1.807, 2.05) is 68.4 Å². The van der Waals surface area contributed by atoms with Crippen LogP contribution in [0.15, 0.2) is 78.9 Å². The van der Waals surface area contributed by atoms with E-state index in [1.54, 1.807) is 24.3 Å². The molecule has 3 amide bonds. The summed E-state index contributed by atoms with van der Waals surface area (Å²) < 4.78 is 6.71. The Kier molecular flexibility index (Phi) is 6.88. The van der Waals surface area contributed by atoms with Crippen LogP contribution in [0, 0.1) is 18.8 Å². The molecule has 3 saturated heterocycles. The number of aliphatic hydroxyl groups excluding tert-OH is 1. The fourth-order valence-electron chi connectivity index (χ4n) is 7.15. The van der Waals surface area contributed by atoms with Gasteiger partial charge < -0.3 is 25.4 Å². The summed E-state index contributed by atoms with van der Waals surface area (Å²) in [4.78, 5) is 44.1. The summed E-state index contributed by atoms with van der Waals surface area (Å²) in [5, 5.41) is 16.9. The fourth-order valence-corrected chi connectivity index (χ4v) is 7.42. The molecule has 2 bridgehead atoms.